The maximum Gasteiger partial charge on any atom is 0.305 e. The fourth-order valence-electron chi connectivity index (χ4n) is 1.41. The third kappa shape index (κ3) is 5.30. The van der Waals surface area contributed by atoms with Crippen molar-refractivity contribution in [3.63, 3.8) is 0 Å². The Morgan fingerprint density at radius 1 is 1.50 bits per heavy atom. The number of aromatic nitrogens is 2. The van der Waals surface area contributed by atoms with Gasteiger partial charge in [-0.3, -0.25) is 9.48 Å². The second-order valence-corrected chi connectivity index (χ2v) is 4.45. The zero-order chi connectivity index (χ0) is 11.8. The van der Waals surface area contributed by atoms with Crippen LogP contribution in [0.4, 0.5) is 0 Å². The summed E-state index contributed by atoms with van der Waals surface area (Å²) in [6.07, 6.45) is 7.20. The van der Waals surface area contributed by atoms with Crippen molar-refractivity contribution in [3.05, 3.63) is 16.9 Å². The predicted octanol–water partition coefficient (Wildman–Crippen LogP) is 2.77. The summed E-state index contributed by atoms with van der Waals surface area (Å²) >= 11 is 3.35. The zero-order valence-corrected chi connectivity index (χ0v) is 11.1. The first-order valence-corrected chi connectivity index (χ1v) is 6.35. The van der Waals surface area contributed by atoms with Crippen LogP contribution in [0.25, 0.3) is 0 Å². The molecule has 0 unspecified atom stereocenters. The van der Waals surface area contributed by atoms with Gasteiger partial charge in [-0.1, -0.05) is 6.42 Å². The SMILES string of the molecule is CCOC(=O)CCCCCn1cc(Br)cn1. The van der Waals surface area contributed by atoms with Crippen LogP contribution in [0.2, 0.25) is 0 Å². The van der Waals surface area contributed by atoms with Crippen molar-refractivity contribution in [3.8, 4) is 0 Å². The van der Waals surface area contributed by atoms with Crippen LogP contribution in [0, 0.1) is 0 Å². The minimum Gasteiger partial charge on any atom is -0.466 e. The third-order valence-corrected chi connectivity index (χ3v) is 2.58. The number of hydrogen-bond donors (Lipinski definition) is 0. The Kier molecular flexibility index (Phi) is 6.15. The van der Waals surface area contributed by atoms with Gasteiger partial charge in [0.25, 0.3) is 0 Å². The molecule has 1 aromatic rings. The van der Waals surface area contributed by atoms with Crippen molar-refractivity contribution in [1.29, 1.82) is 0 Å². The molecule has 0 saturated heterocycles. The average molecular weight is 289 g/mol. The molecule has 0 saturated carbocycles. The Morgan fingerprint density at radius 2 is 2.31 bits per heavy atom. The fourth-order valence-corrected chi connectivity index (χ4v) is 1.74. The Balaban J connectivity index is 2.02. The second kappa shape index (κ2) is 7.44. The van der Waals surface area contributed by atoms with Gasteiger partial charge in [-0.25, -0.2) is 0 Å². The van der Waals surface area contributed by atoms with Crippen LogP contribution in [0.5, 0.6) is 0 Å². The molecule has 0 aromatic carbocycles. The van der Waals surface area contributed by atoms with Crippen molar-refractivity contribution >= 4 is 21.9 Å². The molecular weight excluding hydrogens is 272 g/mol. The van der Waals surface area contributed by atoms with Crippen LogP contribution in [0.1, 0.15) is 32.6 Å². The van der Waals surface area contributed by atoms with Crippen LogP contribution in [0.15, 0.2) is 16.9 Å². The highest BCUT2D eigenvalue weighted by Gasteiger charge is 2.01. The summed E-state index contributed by atoms with van der Waals surface area (Å²) in [7, 11) is 0. The van der Waals surface area contributed by atoms with Crippen LogP contribution in [-0.4, -0.2) is 22.4 Å². The number of ether oxygens (including phenoxy) is 1. The molecule has 0 N–H and O–H groups in total. The first-order chi connectivity index (χ1) is 7.72. The molecule has 0 spiro atoms. The molecule has 1 rings (SSSR count). The van der Waals surface area contributed by atoms with E-state index in [9.17, 15) is 4.79 Å². The van der Waals surface area contributed by atoms with E-state index in [2.05, 4.69) is 21.0 Å². The van der Waals surface area contributed by atoms with Gasteiger partial charge in [0.15, 0.2) is 0 Å². The molecule has 0 aliphatic rings. The molecular formula is C11H17BrN2O2. The third-order valence-electron chi connectivity index (χ3n) is 2.18. The molecule has 0 radical (unpaired) electrons. The normalized spacial score (nSPS) is 10.4. The standard InChI is InChI=1S/C11H17BrN2O2/c1-2-16-11(15)6-4-3-5-7-14-9-10(12)8-13-14/h8-9H,2-7H2,1H3. The van der Waals surface area contributed by atoms with E-state index < -0.39 is 0 Å². The summed E-state index contributed by atoms with van der Waals surface area (Å²) in [4.78, 5) is 11.0. The van der Waals surface area contributed by atoms with E-state index in [4.69, 9.17) is 4.74 Å². The number of rotatable bonds is 7. The van der Waals surface area contributed by atoms with Gasteiger partial charge in [-0.2, -0.15) is 5.10 Å². The van der Waals surface area contributed by atoms with E-state index in [-0.39, 0.29) is 5.97 Å². The second-order valence-electron chi connectivity index (χ2n) is 3.54. The number of carbonyl (C=O) groups excluding carboxylic acids is 1. The van der Waals surface area contributed by atoms with Gasteiger partial charge in [-0.05, 0) is 35.7 Å². The van der Waals surface area contributed by atoms with Crippen LogP contribution >= 0.6 is 15.9 Å². The van der Waals surface area contributed by atoms with Gasteiger partial charge in [0.2, 0.25) is 0 Å². The number of aryl methyl sites for hydroxylation is 1. The van der Waals surface area contributed by atoms with E-state index in [0.717, 1.165) is 30.3 Å². The fraction of sp³-hybridized carbons (Fsp3) is 0.636. The first-order valence-electron chi connectivity index (χ1n) is 5.56. The molecule has 0 bridgehead atoms. The number of unbranched alkanes of at least 4 members (excludes halogenated alkanes) is 2. The minimum absolute atomic E-state index is 0.0932. The summed E-state index contributed by atoms with van der Waals surface area (Å²) in [6, 6.07) is 0. The predicted molar refractivity (Wildman–Crippen MR) is 65.0 cm³/mol. The molecule has 1 aromatic heterocycles. The molecule has 16 heavy (non-hydrogen) atoms. The van der Waals surface area contributed by atoms with Gasteiger partial charge < -0.3 is 4.74 Å². The van der Waals surface area contributed by atoms with Crippen LogP contribution < -0.4 is 0 Å². The molecule has 1 heterocycles. The Labute approximate surface area is 104 Å². The lowest BCUT2D eigenvalue weighted by atomic mass is 10.2. The number of hydrogen-bond acceptors (Lipinski definition) is 3. The van der Waals surface area contributed by atoms with Crippen molar-refractivity contribution < 1.29 is 9.53 Å². The zero-order valence-electron chi connectivity index (χ0n) is 9.49. The highest BCUT2D eigenvalue weighted by molar-refractivity contribution is 9.10. The molecule has 5 heteroatoms. The number of carbonyl (C=O) groups is 1. The summed E-state index contributed by atoms with van der Waals surface area (Å²) in [5.41, 5.74) is 0. The summed E-state index contributed by atoms with van der Waals surface area (Å²) < 4.78 is 7.74. The van der Waals surface area contributed by atoms with Gasteiger partial charge in [0.1, 0.15) is 0 Å². The minimum atomic E-state index is -0.0932. The van der Waals surface area contributed by atoms with Crippen LogP contribution in [-0.2, 0) is 16.1 Å². The maximum atomic E-state index is 11.0. The van der Waals surface area contributed by atoms with Gasteiger partial charge in [0.05, 0.1) is 17.3 Å². The van der Waals surface area contributed by atoms with E-state index in [1.807, 2.05) is 17.8 Å². The molecule has 4 nitrogen and oxygen atoms in total. The number of halogens is 1. The molecule has 0 aliphatic carbocycles. The lowest BCUT2D eigenvalue weighted by Gasteiger charge is -2.02. The quantitative estimate of drug-likeness (QED) is 0.572. The van der Waals surface area contributed by atoms with Gasteiger partial charge in [-0.15, -0.1) is 0 Å². The van der Waals surface area contributed by atoms with E-state index >= 15 is 0 Å². The molecule has 0 atom stereocenters. The lowest BCUT2D eigenvalue weighted by Crippen LogP contribution is -2.04. The van der Waals surface area contributed by atoms with Crippen molar-refractivity contribution in [2.75, 3.05) is 6.61 Å². The smallest absolute Gasteiger partial charge is 0.305 e. The first kappa shape index (κ1) is 13.2. The number of nitrogens with zero attached hydrogens (tertiary/aromatic N) is 2. The Hall–Kier alpha value is -0.840. The summed E-state index contributed by atoms with van der Waals surface area (Å²) in [6.45, 7) is 3.20. The highest BCUT2D eigenvalue weighted by atomic mass is 79.9. The topological polar surface area (TPSA) is 44.1 Å². The van der Waals surface area contributed by atoms with E-state index in [0.29, 0.717) is 13.0 Å². The van der Waals surface area contributed by atoms with E-state index in [1.54, 1.807) is 6.20 Å². The van der Waals surface area contributed by atoms with Gasteiger partial charge >= 0.3 is 5.97 Å². The highest BCUT2D eigenvalue weighted by Crippen LogP contribution is 2.08. The maximum absolute atomic E-state index is 11.0. The van der Waals surface area contributed by atoms with Crippen molar-refractivity contribution in [2.24, 2.45) is 0 Å². The van der Waals surface area contributed by atoms with Gasteiger partial charge in [0, 0.05) is 19.2 Å². The van der Waals surface area contributed by atoms with Crippen molar-refractivity contribution in [1.82, 2.24) is 9.78 Å². The Morgan fingerprint density at radius 3 is 2.94 bits per heavy atom. The summed E-state index contributed by atoms with van der Waals surface area (Å²) in [5, 5.41) is 4.16. The largest absolute Gasteiger partial charge is 0.466 e. The molecule has 0 amide bonds. The average Bonchev–Trinajstić information content (AvgIpc) is 2.64. The Bertz CT molecular complexity index is 326. The number of esters is 1. The monoisotopic (exact) mass is 288 g/mol. The van der Waals surface area contributed by atoms with Crippen molar-refractivity contribution in [2.45, 2.75) is 39.2 Å². The van der Waals surface area contributed by atoms with E-state index in [1.165, 1.54) is 0 Å². The lowest BCUT2D eigenvalue weighted by molar-refractivity contribution is -0.143. The summed E-state index contributed by atoms with van der Waals surface area (Å²) in [5.74, 6) is -0.0932. The molecule has 90 valence electrons. The molecule has 0 aliphatic heterocycles. The molecule has 0 fully saturated rings. The van der Waals surface area contributed by atoms with Crippen LogP contribution in [0.3, 0.4) is 0 Å².